The molecule has 1 N–H and O–H groups in total. The summed E-state index contributed by atoms with van der Waals surface area (Å²) in [6.07, 6.45) is 2.86. The number of benzene rings is 2. The molecule has 180 valence electrons. The van der Waals surface area contributed by atoms with Crippen molar-refractivity contribution in [3.8, 4) is 0 Å². The van der Waals surface area contributed by atoms with Gasteiger partial charge in [-0.25, -0.2) is 8.42 Å². The van der Waals surface area contributed by atoms with Crippen molar-refractivity contribution in [3.63, 3.8) is 0 Å². The van der Waals surface area contributed by atoms with Gasteiger partial charge in [0.15, 0.2) is 0 Å². The number of para-hydroxylation sites is 1. The van der Waals surface area contributed by atoms with Crippen LogP contribution in [0.4, 0.5) is 5.69 Å². The zero-order valence-electron chi connectivity index (χ0n) is 19.5. The molecule has 0 heterocycles. The van der Waals surface area contributed by atoms with Crippen LogP contribution in [0.5, 0.6) is 0 Å². The maximum atomic E-state index is 13.5. The Labute approximate surface area is 205 Å². The van der Waals surface area contributed by atoms with Crippen LogP contribution in [0.1, 0.15) is 37.8 Å². The first-order chi connectivity index (χ1) is 15.5. The van der Waals surface area contributed by atoms with Gasteiger partial charge in [-0.05, 0) is 49.6 Å². The van der Waals surface area contributed by atoms with Crippen LogP contribution in [0.15, 0.2) is 53.0 Å². The smallest absolute Gasteiger partial charge is 0.244 e. The van der Waals surface area contributed by atoms with E-state index in [0.29, 0.717) is 12.2 Å². The minimum absolute atomic E-state index is 0.173. The van der Waals surface area contributed by atoms with Crippen LogP contribution in [0, 0.1) is 6.92 Å². The summed E-state index contributed by atoms with van der Waals surface area (Å²) < 4.78 is 27.1. The van der Waals surface area contributed by atoms with Crippen molar-refractivity contribution < 1.29 is 18.0 Å². The summed E-state index contributed by atoms with van der Waals surface area (Å²) in [6, 6.07) is 13.7. The number of carbonyl (C=O) groups is 2. The van der Waals surface area contributed by atoms with Gasteiger partial charge in [0.1, 0.15) is 12.6 Å². The molecule has 0 aliphatic rings. The van der Waals surface area contributed by atoms with E-state index in [1.54, 1.807) is 32.0 Å². The molecule has 0 saturated heterocycles. The molecule has 7 nitrogen and oxygen atoms in total. The van der Waals surface area contributed by atoms with E-state index < -0.39 is 28.5 Å². The molecule has 2 rings (SSSR count). The Kier molecular flexibility index (Phi) is 9.91. The Morgan fingerprint density at radius 1 is 1.12 bits per heavy atom. The van der Waals surface area contributed by atoms with Gasteiger partial charge in [-0.1, -0.05) is 59.6 Å². The van der Waals surface area contributed by atoms with Crippen molar-refractivity contribution in [2.45, 2.75) is 46.2 Å². The fraction of sp³-hybridized carbons (Fsp3) is 0.417. The molecular formula is C24H32BrN3O4S. The highest BCUT2D eigenvalue weighted by molar-refractivity contribution is 9.10. The number of nitrogens with one attached hydrogen (secondary N) is 1. The number of hydrogen-bond acceptors (Lipinski definition) is 4. The number of anilines is 1. The number of halogens is 1. The number of carbonyl (C=O) groups excluding carboxylic acids is 2. The Morgan fingerprint density at radius 3 is 2.42 bits per heavy atom. The van der Waals surface area contributed by atoms with Gasteiger partial charge in [0.05, 0.1) is 11.9 Å². The molecular weight excluding hydrogens is 506 g/mol. The van der Waals surface area contributed by atoms with Crippen molar-refractivity contribution >= 4 is 43.5 Å². The first kappa shape index (κ1) is 26.9. The van der Waals surface area contributed by atoms with E-state index in [-0.39, 0.29) is 12.5 Å². The molecule has 1 atom stereocenters. The summed E-state index contributed by atoms with van der Waals surface area (Å²) in [5.74, 6) is -0.726. The van der Waals surface area contributed by atoms with Gasteiger partial charge >= 0.3 is 0 Å². The summed E-state index contributed by atoms with van der Waals surface area (Å²) in [5, 5.41) is 2.87. The van der Waals surface area contributed by atoms with E-state index in [9.17, 15) is 18.0 Å². The van der Waals surface area contributed by atoms with E-state index in [1.807, 2.05) is 37.3 Å². The highest BCUT2D eigenvalue weighted by Gasteiger charge is 2.30. The molecule has 9 heteroatoms. The number of aryl methyl sites for hydroxylation is 1. The Bertz CT molecular complexity index is 1070. The topological polar surface area (TPSA) is 86.8 Å². The highest BCUT2D eigenvalue weighted by Crippen LogP contribution is 2.23. The summed E-state index contributed by atoms with van der Waals surface area (Å²) in [6.45, 7) is 5.79. The lowest BCUT2D eigenvalue weighted by atomic mass is 10.1. The second-order valence-corrected chi connectivity index (χ2v) is 10.9. The third-order valence-electron chi connectivity index (χ3n) is 5.30. The van der Waals surface area contributed by atoms with Crippen molar-refractivity contribution in [3.05, 3.63) is 64.1 Å². The van der Waals surface area contributed by atoms with Crippen LogP contribution < -0.4 is 9.62 Å². The van der Waals surface area contributed by atoms with Crippen LogP contribution in [0.2, 0.25) is 0 Å². The molecule has 0 radical (unpaired) electrons. The first-order valence-corrected chi connectivity index (χ1v) is 13.5. The summed E-state index contributed by atoms with van der Waals surface area (Å²) in [4.78, 5) is 27.7. The molecule has 0 unspecified atom stereocenters. The normalized spacial score (nSPS) is 12.2. The van der Waals surface area contributed by atoms with Crippen LogP contribution in [-0.2, 0) is 26.2 Å². The first-order valence-electron chi connectivity index (χ1n) is 10.9. The third-order valence-corrected chi connectivity index (χ3v) is 6.92. The van der Waals surface area contributed by atoms with Crippen molar-refractivity contribution in [2.24, 2.45) is 0 Å². The van der Waals surface area contributed by atoms with Gasteiger partial charge in [-0.15, -0.1) is 0 Å². The standard InChI is InChI=1S/C24H32BrN3O4S/c1-5-6-14-26-24(30)19(3)27(16-20-11-9-12-21(25)15-20)23(29)17-28(33(4,31)32)22-13-8-7-10-18(22)2/h7-13,15,19H,5-6,14,16-17H2,1-4H3,(H,26,30)/t19-/m0/s1. The maximum Gasteiger partial charge on any atom is 0.244 e. The second-order valence-electron chi connectivity index (χ2n) is 8.03. The third kappa shape index (κ3) is 7.85. The molecule has 0 saturated carbocycles. The van der Waals surface area contributed by atoms with Gasteiger partial charge in [-0.2, -0.15) is 0 Å². The largest absolute Gasteiger partial charge is 0.354 e. The van der Waals surface area contributed by atoms with Crippen LogP contribution in [0.25, 0.3) is 0 Å². The molecule has 2 amide bonds. The summed E-state index contributed by atoms with van der Waals surface area (Å²) >= 11 is 3.43. The molecule has 0 fully saturated rings. The Hall–Kier alpha value is -2.39. The van der Waals surface area contributed by atoms with Crippen molar-refractivity contribution in [1.82, 2.24) is 10.2 Å². The number of sulfonamides is 1. The van der Waals surface area contributed by atoms with E-state index in [1.165, 1.54) is 4.90 Å². The molecule has 0 bridgehead atoms. The second kappa shape index (κ2) is 12.2. The average Bonchev–Trinajstić information content (AvgIpc) is 2.75. The van der Waals surface area contributed by atoms with E-state index in [4.69, 9.17) is 0 Å². The van der Waals surface area contributed by atoms with Crippen molar-refractivity contribution in [2.75, 3.05) is 23.7 Å². The van der Waals surface area contributed by atoms with Crippen molar-refractivity contribution in [1.29, 1.82) is 0 Å². The lowest BCUT2D eigenvalue weighted by molar-refractivity contribution is -0.139. The molecule has 0 aliphatic heterocycles. The Balaban J connectivity index is 2.36. The number of rotatable bonds is 11. The lowest BCUT2D eigenvalue weighted by Gasteiger charge is -2.32. The van der Waals surface area contributed by atoms with Gasteiger partial charge in [0.25, 0.3) is 0 Å². The monoisotopic (exact) mass is 537 g/mol. The lowest BCUT2D eigenvalue weighted by Crippen LogP contribution is -2.51. The van der Waals surface area contributed by atoms with Crippen LogP contribution in [0.3, 0.4) is 0 Å². The molecule has 2 aromatic rings. The van der Waals surface area contributed by atoms with Crippen LogP contribution in [-0.4, -0.2) is 50.5 Å². The highest BCUT2D eigenvalue weighted by atomic mass is 79.9. The van der Waals surface area contributed by atoms with Gasteiger partial charge in [0.2, 0.25) is 21.8 Å². The average molecular weight is 539 g/mol. The van der Waals surface area contributed by atoms with Gasteiger partial charge in [-0.3, -0.25) is 13.9 Å². The number of amides is 2. The molecule has 33 heavy (non-hydrogen) atoms. The Morgan fingerprint density at radius 2 is 1.82 bits per heavy atom. The van der Waals surface area contributed by atoms with E-state index in [0.717, 1.165) is 39.0 Å². The zero-order chi connectivity index (χ0) is 24.6. The minimum Gasteiger partial charge on any atom is -0.354 e. The predicted octanol–water partition coefficient (Wildman–Crippen LogP) is 3.86. The predicted molar refractivity (Wildman–Crippen MR) is 135 cm³/mol. The van der Waals surface area contributed by atoms with E-state index >= 15 is 0 Å². The zero-order valence-corrected chi connectivity index (χ0v) is 21.9. The fourth-order valence-corrected chi connectivity index (χ4v) is 4.74. The van der Waals surface area contributed by atoms with Gasteiger partial charge in [0, 0.05) is 17.6 Å². The summed E-state index contributed by atoms with van der Waals surface area (Å²) in [5.41, 5.74) is 2.00. The SMILES string of the molecule is CCCCNC(=O)[C@H](C)N(Cc1cccc(Br)c1)C(=O)CN(c1ccccc1C)S(C)(=O)=O. The quantitative estimate of drug-likeness (QED) is 0.441. The van der Waals surface area contributed by atoms with Gasteiger partial charge < -0.3 is 10.2 Å². The minimum atomic E-state index is -3.73. The maximum absolute atomic E-state index is 13.5. The fourth-order valence-electron chi connectivity index (χ4n) is 3.39. The number of unbranched alkanes of at least 4 members (excludes halogenated alkanes) is 1. The number of nitrogens with zero attached hydrogens (tertiary/aromatic N) is 2. The summed E-state index contributed by atoms with van der Waals surface area (Å²) in [7, 11) is -3.73. The molecule has 0 aliphatic carbocycles. The van der Waals surface area contributed by atoms with E-state index in [2.05, 4.69) is 21.2 Å². The number of hydrogen-bond donors (Lipinski definition) is 1. The molecule has 0 spiro atoms. The molecule has 0 aromatic heterocycles. The molecule has 2 aromatic carbocycles. The van der Waals surface area contributed by atoms with Crippen LogP contribution >= 0.6 is 15.9 Å².